The van der Waals surface area contributed by atoms with Crippen LogP contribution >= 0.6 is 11.6 Å². The van der Waals surface area contributed by atoms with Crippen molar-refractivity contribution in [1.82, 2.24) is 0 Å². The van der Waals surface area contributed by atoms with Crippen molar-refractivity contribution in [2.75, 3.05) is 0 Å². The van der Waals surface area contributed by atoms with Crippen molar-refractivity contribution in [3.05, 3.63) is 0 Å². The van der Waals surface area contributed by atoms with Crippen LogP contribution in [0.5, 0.6) is 0 Å². The van der Waals surface area contributed by atoms with Gasteiger partial charge in [-0.3, -0.25) is 0 Å². The average molecular weight is 161 g/mol. The molecule has 2 fully saturated rings. The Kier molecular flexibility index (Phi) is 1.37. The van der Waals surface area contributed by atoms with Crippen LogP contribution in [0.15, 0.2) is 0 Å². The van der Waals surface area contributed by atoms with E-state index in [-0.39, 0.29) is 6.10 Å². The van der Waals surface area contributed by atoms with Gasteiger partial charge in [-0.15, -0.1) is 0 Å². The lowest BCUT2D eigenvalue weighted by molar-refractivity contribution is 0.117. The molecule has 0 aliphatic heterocycles. The predicted molar refractivity (Wildman–Crippen MR) is 37.0 cm³/mol. The Morgan fingerprint density at radius 2 is 1.90 bits per heavy atom. The normalized spacial score (nSPS) is 42.7. The molecule has 2 saturated carbocycles. The van der Waals surface area contributed by atoms with Gasteiger partial charge in [0, 0.05) is 11.6 Å². The van der Waals surface area contributed by atoms with Gasteiger partial charge < -0.3 is 4.74 Å². The first-order valence-electron chi connectivity index (χ1n) is 3.62. The number of carbonyl (C=O) groups is 1. The number of hydrogen-bond acceptors (Lipinski definition) is 2. The van der Waals surface area contributed by atoms with Gasteiger partial charge in [0.15, 0.2) is 0 Å². The van der Waals surface area contributed by atoms with Gasteiger partial charge in [-0.05, 0) is 31.1 Å². The van der Waals surface area contributed by atoms with E-state index in [0.717, 1.165) is 24.7 Å². The Morgan fingerprint density at radius 1 is 1.30 bits per heavy atom. The van der Waals surface area contributed by atoms with Crippen molar-refractivity contribution < 1.29 is 9.53 Å². The van der Waals surface area contributed by atoms with E-state index in [1.165, 1.54) is 6.42 Å². The molecule has 0 aromatic heterocycles. The topological polar surface area (TPSA) is 26.3 Å². The van der Waals surface area contributed by atoms with Crippen molar-refractivity contribution in [2.45, 2.75) is 25.4 Å². The van der Waals surface area contributed by atoms with Gasteiger partial charge in [-0.25, -0.2) is 4.79 Å². The van der Waals surface area contributed by atoms with Crippen LogP contribution in [0.2, 0.25) is 0 Å². The van der Waals surface area contributed by atoms with Crippen LogP contribution in [-0.2, 0) is 4.74 Å². The molecule has 0 radical (unpaired) electrons. The third-order valence-corrected chi connectivity index (χ3v) is 2.55. The molecule has 0 aromatic carbocycles. The van der Waals surface area contributed by atoms with Crippen molar-refractivity contribution in [1.29, 1.82) is 0 Å². The highest BCUT2D eigenvalue weighted by molar-refractivity contribution is 6.61. The number of hydrogen-bond donors (Lipinski definition) is 0. The van der Waals surface area contributed by atoms with E-state index in [1.807, 2.05) is 0 Å². The van der Waals surface area contributed by atoms with Crippen molar-refractivity contribution >= 4 is 17.0 Å². The number of rotatable bonds is 1. The van der Waals surface area contributed by atoms with Gasteiger partial charge in [0.05, 0.1) is 0 Å². The molecule has 0 aromatic rings. The monoisotopic (exact) mass is 160 g/mol. The van der Waals surface area contributed by atoms with E-state index in [9.17, 15) is 4.79 Å². The summed E-state index contributed by atoms with van der Waals surface area (Å²) in [6.07, 6.45) is 3.57. The second-order valence-corrected chi connectivity index (χ2v) is 3.51. The Balaban J connectivity index is 1.80. The van der Waals surface area contributed by atoms with Crippen LogP contribution in [0.4, 0.5) is 4.79 Å². The second-order valence-electron chi connectivity index (χ2n) is 3.20. The Morgan fingerprint density at radius 3 is 2.40 bits per heavy atom. The SMILES string of the molecule is O=C(Cl)O[C@@H]1C[C@@H]2C[C@@H]2C1. The maximum absolute atomic E-state index is 10.3. The molecule has 0 heterocycles. The van der Waals surface area contributed by atoms with Gasteiger partial charge in [0.25, 0.3) is 0 Å². The molecule has 0 N–H and O–H groups in total. The van der Waals surface area contributed by atoms with E-state index in [2.05, 4.69) is 0 Å². The molecule has 2 rings (SSSR count). The molecule has 56 valence electrons. The van der Waals surface area contributed by atoms with E-state index < -0.39 is 5.43 Å². The minimum absolute atomic E-state index is 0.133. The summed E-state index contributed by atoms with van der Waals surface area (Å²) in [6.45, 7) is 0. The Labute approximate surface area is 64.5 Å². The number of carbonyl (C=O) groups excluding carboxylic acids is 1. The zero-order valence-electron chi connectivity index (χ0n) is 5.55. The minimum Gasteiger partial charge on any atom is -0.450 e. The largest absolute Gasteiger partial charge is 0.450 e. The molecule has 10 heavy (non-hydrogen) atoms. The smallest absolute Gasteiger partial charge is 0.404 e. The zero-order valence-corrected chi connectivity index (χ0v) is 6.30. The van der Waals surface area contributed by atoms with E-state index in [1.54, 1.807) is 0 Å². The van der Waals surface area contributed by atoms with Gasteiger partial charge >= 0.3 is 5.43 Å². The molecule has 0 amide bonds. The predicted octanol–water partition coefficient (Wildman–Crippen LogP) is 2.16. The molecule has 2 nitrogen and oxygen atoms in total. The number of halogens is 1. The standard InChI is InChI=1S/C7H9ClO2/c8-7(9)10-6-2-4-1-5(4)3-6/h4-6H,1-3H2/t4-,5+,6+. The fourth-order valence-electron chi connectivity index (χ4n) is 1.89. The zero-order chi connectivity index (χ0) is 7.14. The van der Waals surface area contributed by atoms with Crippen LogP contribution in [0.1, 0.15) is 19.3 Å². The first-order chi connectivity index (χ1) is 4.75. The molecule has 0 unspecified atom stereocenters. The molecular formula is C7H9ClO2. The number of ether oxygens (including phenoxy) is 1. The van der Waals surface area contributed by atoms with E-state index in [0.29, 0.717) is 0 Å². The summed E-state index contributed by atoms with van der Waals surface area (Å²) in [4.78, 5) is 10.3. The maximum Gasteiger partial charge on any atom is 0.404 e. The molecule has 2 aliphatic carbocycles. The van der Waals surface area contributed by atoms with Crippen molar-refractivity contribution in [3.63, 3.8) is 0 Å². The molecule has 3 atom stereocenters. The fourth-order valence-corrected chi connectivity index (χ4v) is 2.01. The van der Waals surface area contributed by atoms with Gasteiger partial charge in [-0.2, -0.15) is 0 Å². The summed E-state index contributed by atoms with van der Waals surface area (Å²) < 4.78 is 4.84. The summed E-state index contributed by atoms with van der Waals surface area (Å²) in [5.74, 6) is 1.70. The average Bonchev–Trinajstić information content (AvgIpc) is 2.39. The number of fused-ring (bicyclic) bond motifs is 1. The first-order valence-corrected chi connectivity index (χ1v) is 3.99. The van der Waals surface area contributed by atoms with Crippen molar-refractivity contribution in [2.24, 2.45) is 11.8 Å². The highest BCUT2D eigenvalue weighted by Gasteiger charge is 2.47. The summed E-state index contributed by atoms with van der Waals surface area (Å²) in [7, 11) is 0. The lowest BCUT2D eigenvalue weighted by Gasteiger charge is -2.09. The first kappa shape index (κ1) is 6.47. The van der Waals surface area contributed by atoms with E-state index in [4.69, 9.17) is 16.3 Å². The third kappa shape index (κ3) is 1.12. The van der Waals surface area contributed by atoms with E-state index >= 15 is 0 Å². The second kappa shape index (κ2) is 2.12. The van der Waals surface area contributed by atoms with Gasteiger partial charge in [-0.1, -0.05) is 0 Å². The van der Waals surface area contributed by atoms with Crippen molar-refractivity contribution in [3.8, 4) is 0 Å². The minimum atomic E-state index is -0.647. The van der Waals surface area contributed by atoms with Crippen LogP contribution in [0, 0.1) is 11.8 Å². The van der Waals surface area contributed by atoms with Crippen LogP contribution in [0.25, 0.3) is 0 Å². The lowest BCUT2D eigenvalue weighted by atomic mass is 10.2. The molecule has 0 spiro atoms. The van der Waals surface area contributed by atoms with Crippen LogP contribution in [0.3, 0.4) is 0 Å². The summed E-state index contributed by atoms with van der Waals surface area (Å²) in [5.41, 5.74) is -0.647. The Bertz CT molecular complexity index is 159. The highest BCUT2D eigenvalue weighted by Crippen LogP contribution is 2.52. The van der Waals surface area contributed by atoms with Crippen LogP contribution < -0.4 is 0 Å². The van der Waals surface area contributed by atoms with Gasteiger partial charge in [0.2, 0.25) is 0 Å². The van der Waals surface area contributed by atoms with Crippen LogP contribution in [-0.4, -0.2) is 11.5 Å². The fraction of sp³-hybridized carbons (Fsp3) is 0.857. The molecule has 0 bridgehead atoms. The summed E-state index contributed by atoms with van der Waals surface area (Å²) in [5, 5.41) is 0. The van der Waals surface area contributed by atoms with Gasteiger partial charge in [0.1, 0.15) is 6.10 Å². The summed E-state index contributed by atoms with van der Waals surface area (Å²) >= 11 is 5.06. The maximum atomic E-state index is 10.3. The molecule has 2 aliphatic rings. The Hall–Kier alpha value is -0.240. The third-order valence-electron chi connectivity index (χ3n) is 2.46. The molecule has 0 saturated heterocycles. The quantitative estimate of drug-likeness (QED) is 0.550. The summed E-state index contributed by atoms with van der Waals surface area (Å²) in [6, 6.07) is 0. The molecule has 3 heteroatoms. The highest BCUT2D eigenvalue weighted by atomic mass is 35.5. The molecular weight excluding hydrogens is 152 g/mol. The lowest BCUT2D eigenvalue weighted by Crippen LogP contribution is -2.11.